The van der Waals surface area contributed by atoms with Crippen molar-refractivity contribution in [3.05, 3.63) is 32.6 Å². The predicted molar refractivity (Wildman–Crippen MR) is 70.8 cm³/mol. The van der Waals surface area contributed by atoms with Crippen LogP contribution in [0.1, 0.15) is 32.3 Å². The van der Waals surface area contributed by atoms with Crippen LogP contribution >= 0.6 is 11.6 Å². The molecule has 0 amide bonds. The molecule has 0 aliphatic heterocycles. The van der Waals surface area contributed by atoms with Gasteiger partial charge in [0.25, 0.3) is 5.69 Å². The van der Waals surface area contributed by atoms with E-state index in [0.29, 0.717) is 5.56 Å². The van der Waals surface area contributed by atoms with Crippen LogP contribution in [-0.4, -0.2) is 11.0 Å². The van der Waals surface area contributed by atoms with E-state index in [1.54, 1.807) is 6.92 Å². The van der Waals surface area contributed by atoms with Crippen LogP contribution < -0.4 is 5.32 Å². The molecule has 1 fully saturated rings. The van der Waals surface area contributed by atoms with Gasteiger partial charge in [0.05, 0.1) is 9.95 Å². The summed E-state index contributed by atoms with van der Waals surface area (Å²) in [5, 5.41) is 13.5. The predicted octanol–water partition coefficient (Wildman–Crippen LogP) is 4.30. The number of halogens is 2. The van der Waals surface area contributed by atoms with Crippen molar-refractivity contribution in [2.75, 3.05) is 5.32 Å². The Hall–Kier alpha value is -1.36. The Morgan fingerprint density at radius 1 is 1.50 bits per heavy atom. The van der Waals surface area contributed by atoms with Crippen LogP contribution in [0.15, 0.2) is 6.07 Å². The first-order valence-electron chi connectivity index (χ1n) is 5.90. The normalized spacial score (nSPS) is 13.6. The molecule has 0 radical (unpaired) electrons. The Balaban J connectivity index is 0.000000771. The van der Waals surface area contributed by atoms with E-state index in [1.807, 2.05) is 13.8 Å². The second kappa shape index (κ2) is 6.00. The van der Waals surface area contributed by atoms with Crippen LogP contribution in [0, 0.1) is 22.9 Å². The highest BCUT2D eigenvalue weighted by molar-refractivity contribution is 6.32. The van der Waals surface area contributed by atoms with Gasteiger partial charge in [0, 0.05) is 12.1 Å². The maximum atomic E-state index is 13.8. The van der Waals surface area contributed by atoms with Gasteiger partial charge in [-0.1, -0.05) is 25.4 Å². The monoisotopic (exact) mass is 274 g/mol. The minimum atomic E-state index is -0.736. The molecular formula is C12H16ClFN2O2. The van der Waals surface area contributed by atoms with Crippen LogP contribution in [0.5, 0.6) is 0 Å². The first kappa shape index (κ1) is 14.7. The molecule has 1 N–H and O–H groups in total. The lowest BCUT2D eigenvalue weighted by Crippen LogP contribution is -2.07. The first-order valence-corrected chi connectivity index (χ1v) is 6.28. The van der Waals surface area contributed by atoms with E-state index in [0.717, 1.165) is 12.8 Å². The molecule has 0 spiro atoms. The van der Waals surface area contributed by atoms with Crippen LogP contribution in [-0.2, 0) is 0 Å². The van der Waals surface area contributed by atoms with E-state index < -0.39 is 10.7 Å². The highest BCUT2D eigenvalue weighted by Crippen LogP contribution is 2.37. The molecule has 1 aromatic carbocycles. The summed E-state index contributed by atoms with van der Waals surface area (Å²) in [4.78, 5) is 10.2. The number of hydrogen-bond acceptors (Lipinski definition) is 3. The molecule has 6 heteroatoms. The molecule has 18 heavy (non-hydrogen) atoms. The molecular weight excluding hydrogens is 259 g/mol. The molecule has 2 rings (SSSR count). The number of nitro groups is 1. The van der Waals surface area contributed by atoms with E-state index in [1.165, 1.54) is 6.07 Å². The Morgan fingerprint density at radius 2 is 2.06 bits per heavy atom. The van der Waals surface area contributed by atoms with E-state index in [9.17, 15) is 14.5 Å². The van der Waals surface area contributed by atoms with E-state index >= 15 is 0 Å². The molecule has 0 aromatic heterocycles. The zero-order chi connectivity index (χ0) is 13.9. The quantitative estimate of drug-likeness (QED) is 0.660. The van der Waals surface area contributed by atoms with Gasteiger partial charge < -0.3 is 5.32 Å². The first-order chi connectivity index (χ1) is 8.50. The van der Waals surface area contributed by atoms with Gasteiger partial charge in [0.15, 0.2) is 11.5 Å². The summed E-state index contributed by atoms with van der Waals surface area (Å²) >= 11 is 5.73. The summed E-state index contributed by atoms with van der Waals surface area (Å²) in [5.41, 5.74) is 0.0154. The molecule has 100 valence electrons. The van der Waals surface area contributed by atoms with Crippen molar-refractivity contribution in [2.45, 2.75) is 39.7 Å². The van der Waals surface area contributed by atoms with Crippen molar-refractivity contribution >= 4 is 23.0 Å². The van der Waals surface area contributed by atoms with Gasteiger partial charge in [-0.3, -0.25) is 10.1 Å². The van der Waals surface area contributed by atoms with Gasteiger partial charge >= 0.3 is 0 Å². The SMILES string of the molecule is CC.Cc1cc([N+](=O)[O-])c(NC2CC2)c(F)c1Cl. The average molecular weight is 275 g/mol. The second-order valence-corrected chi connectivity index (χ2v) is 4.27. The fourth-order valence-corrected chi connectivity index (χ4v) is 1.60. The van der Waals surface area contributed by atoms with Crippen molar-refractivity contribution in [2.24, 2.45) is 0 Å². The van der Waals surface area contributed by atoms with Gasteiger partial charge in [0.1, 0.15) is 0 Å². The van der Waals surface area contributed by atoms with Gasteiger partial charge in [-0.15, -0.1) is 0 Å². The number of anilines is 1. The summed E-state index contributed by atoms with van der Waals surface area (Å²) in [6, 6.07) is 1.42. The Morgan fingerprint density at radius 3 is 2.50 bits per heavy atom. The molecule has 1 aromatic rings. The number of aryl methyl sites for hydroxylation is 1. The van der Waals surface area contributed by atoms with Crippen molar-refractivity contribution in [3.63, 3.8) is 0 Å². The summed E-state index contributed by atoms with van der Waals surface area (Å²) in [7, 11) is 0. The molecule has 0 saturated heterocycles. The largest absolute Gasteiger partial charge is 0.374 e. The fourth-order valence-electron chi connectivity index (χ4n) is 1.45. The second-order valence-electron chi connectivity index (χ2n) is 3.89. The van der Waals surface area contributed by atoms with Gasteiger partial charge in [-0.2, -0.15) is 0 Å². The van der Waals surface area contributed by atoms with E-state index in [4.69, 9.17) is 11.6 Å². The molecule has 0 unspecified atom stereocenters. The van der Waals surface area contributed by atoms with E-state index in [2.05, 4.69) is 5.32 Å². The number of nitrogens with zero attached hydrogens (tertiary/aromatic N) is 1. The maximum absolute atomic E-state index is 13.8. The summed E-state index contributed by atoms with van der Waals surface area (Å²) in [5.74, 6) is -0.736. The van der Waals surface area contributed by atoms with Gasteiger partial charge in [-0.25, -0.2) is 4.39 Å². The molecule has 1 aliphatic carbocycles. The number of nitrogens with one attached hydrogen (secondary N) is 1. The zero-order valence-corrected chi connectivity index (χ0v) is 11.3. The van der Waals surface area contributed by atoms with Gasteiger partial charge in [0.2, 0.25) is 0 Å². The third-order valence-corrected chi connectivity index (χ3v) is 2.95. The summed E-state index contributed by atoms with van der Waals surface area (Å²) in [6.07, 6.45) is 1.81. The minimum Gasteiger partial charge on any atom is -0.374 e. The topological polar surface area (TPSA) is 55.2 Å². The fraction of sp³-hybridized carbons (Fsp3) is 0.500. The maximum Gasteiger partial charge on any atom is 0.295 e. The molecule has 0 bridgehead atoms. The Kier molecular flexibility index (Phi) is 4.90. The Labute approximate surface area is 110 Å². The van der Waals surface area contributed by atoms with Gasteiger partial charge in [-0.05, 0) is 25.3 Å². The number of benzene rings is 1. The average Bonchev–Trinajstić information content (AvgIpc) is 3.16. The highest BCUT2D eigenvalue weighted by atomic mass is 35.5. The van der Waals surface area contributed by atoms with Crippen molar-refractivity contribution < 1.29 is 9.31 Å². The molecule has 1 saturated carbocycles. The standard InChI is InChI=1S/C10H10ClFN2O2.C2H6/c1-5-4-7(14(15)16)10(9(12)8(5)11)13-6-2-3-6;1-2/h4,6,13H,2-3H2,1H3;1-2H3. The van der Waals surface area contributed by atoms with Crippen LogP contribution in [0.2, 0.25) is 5.02 Å². The lowest BCUT2D eigenvalue weighted by atomic mass is 10.1. The smallest absolute Gasteiger partial charge is 0.295 e. The van der Waals surface area contributed by atoms with E-state index in [-0.39, 0.29) is 22.4 Å². The third-order valence-electron chi connectivity index (χ3n) is 2.49. The van der Waals surface area contributed by atoms with Crippen molar-refractivity contribution in [1.29, 1.82) is 0 Å². The molecule has 1 aliphatic rings. The lowest BCUT2D eigenvalue weighted by molar-refractivity contribution is -0.384. The lowest BCUT2D eigenvalue weighted by Gasteiger charge is -2.09. The zero-order valence-electron chi connectivity index (χ0n) is 10.6. The van der Waals surface area contributed by atoms with Crippen molar-refractivity contribution in [1.82, 2.24) is 0 Å². The summed E-state index contributed by atoms with van der Waals surface area (Å²) in [6.45, 7) is 5.54. The van der Waals surface area contributed by atoms with Crippen LogP contribution in [0.4, 0.5) is 15.8 Å². The third kappa shape index (κ3) is 3.10. The number of rotatable bonds is 3. The molecule has 4 nitrogen and oxygen atoms in total. The minimum absolute atomic E-state index is 0.0613. The number of nitro benzene ring substituents is 1. The number of hydrogen-bond donors (Lipinski definition) is 1. The highest BCUT2D eigenvalue weighted by Gasteiger charge is 2.29. The molecule has 0 atom stereocenters. The Bertz CT molecular complexity index is 462. The van der Waals surface area contributed by atoms with Crippen LogP contribution in [0.3, 0.4) is 0 Å². The van der Waals surface area contributed by atoms with Crippen LogP contribution in [0.25, 0.3) is 0 Å². The molecule has 0 heterocycles. The summed E-state index contributed by atoms with van der Waals surface area (Å²) < 4.78 is 13.8. The van der Waals surface area contributed by atoms with Crippen molar-refractivity contribution in [3.8, 4) is 0 Å².